The van der Waals surface area contributed by atoms with Crippen molar-refractivity contribution in [3.63, 3.8) is 0 Å². The summed E-state index contributed by atoms with van der Waals surface area (Å²) in [6, 6.07) is 13.6. The van der Waals surface area contributed by atoms with E-state index in [1.165, 1.54) is 26.0 Å². The number of carbonyl (C=O) groups is 4. The zero-order valence-corrected chi connectivity index (χ0v) is 20.2. The molecule has 0 N–H and O–H groups in total. The van der Waals surface area contributed by atoms with Crippen molar-refractivity contribution in [2.75, 3.05) is 20.0 Å². The van der Waals surface area contributed by atoms with Crippen LogP contribution in [0.4, 0.5) is 0 Å². The number of ketones is 2. The Balaban J connectivity index is 1.96. The predicted molar refractivity (Wildman–Crippen MR) is 130 cm³/mol. The summed E-state index contributed by atoms with van der Waals surface area (Å²) in [4.78, 5) is 47.2. The highest BCUT2D eigenvalue weighted by Gasteiger charge is 2.16. The Morgan fingerprint density at radius 3 is 1.26 bits per heavy atom. The van der Waals surface area contributed by atoms with Crippen LogP contribution in [-0.4, -0.2) is 43.5 Å². The van der Waals surface area contributed by atoms with Gasteiger partial charge in [0.25, 0.3) is 0 Å². The van der Waals surface area contributed by atoms with Gasteiger partial charge in [0.1, 0.15) is 22.6 Å². The number of esters is 2. The average molecular weight is 481 g/mol. The maximum absolute atomic E-state index is 11.9. The first-order chi connectivity index (χ1) is 16.7. The van der Waals surface area contributed by atoms with Crippen molar-refractivity contribution in [3.8, 4) is 11.5 Å². The zero-order valence-electron chi connectivity index (χ0n) is 20.2. The summed E-state index contributed by atoms with van der Waals surface area (Å²) in [5, 5.41) is 0. The lowest BCUT2D eigenvalue weighted by Crippen LogP contribution is -2.13. The lowest BCUT2D eigenvalue weighted by molar-refractivity contribution is -0.141. The van der Waals surface area contributed by atoms with Crippen molar-refractivity contribution in [2.45, 2.75) is 27.7 Å². The minimum absolute atomic E-state index is 0.0279. The molecule has 184 valence electrons. The van der Waals surface area contributed by atoms with Gasteiger partial charge in [-0.1, -0.05) is 24.3 Å². The van der Waals surface area contributed by atoms with Crippen LogP contribution >= 0.6 is 0 Å². The molecular formula is C27H28O8. The number of hydrogen-bond acceptors (Lipinski definition) is 8. The van der Waals surface area contributed by atoms with Gasteiger partial charge in [0.2, 0.25) is 6.79 Å². The Morgan fingerprint density at radius 1 is 0.629 bits per heavy atom. The van der Waals surface area contributed by atoms with E-state index >= 15 is 0 Å². The molecule has 8 nitrogen and oxygen atoms in total. The molecule has 2 aromatic rings. The fourth-order valence-electron chi connectivity index (χ4n) is 2.85. The number of rotatable bonds is 12. The van der Waals surface area contributed by atoms with E-state index < -0.39 is 11.9 Å². The third kappa shape index (κ3) is 8.58. The second kappa shape index (κ2) is 13.5. The highest BCUT2D eigenvalue weighted by molar-refractivity contribution is 6.20. The van der Waals surface area contributed by atoms with Gasteiger partial charge in [-0.15, -0.1) is 0 Å². The Bertz CT molecular complexity index is 1020. The minimum Gasteiger partial charge on any atom is -0.462 e. The topological polar surface area (TPSA) is 105 Å². The fraction of sp³-hybridized carbons (Fsp3) is 0.259. The molecule has 0 saturated heterocycles. The monoisotopic (exact) mass is 480 g/mol. The molecule has 0 aliphatic heterocycles. The predicted octanol–water partition coefficient (Wildman–Crippen LogP) is 4.17. The molecular weight excluding hydrogens is 452 g/mol. The van der Waals surface area contributed by atoms with E-state index in [4.69, 9.17) is 18.9 Å². The van der Waals surface area contributed by atoms with E-state index in [2.05, 4.69) is 0 Å². The highest BCUT2D eigenvalue weighted by atomic mass is 16.7. The molecule has 2 aromatic carbocycles. The third-order valence-electron chi connectivity index (χ3n) is 4.58. The van der Waals surface area contributed by atoms with E-state index in [-0.39, 0.29) is 42.7 Å². The molecule has 8 heteroatoms. The first kappa shape index (κ1) is 27.0. The van der Waals surface area contributed by atoms with Crippen molar-refractivity contribution < 1.29 is 38.1 Å². The summed E-state index contributed by atoms with van der Waals surface area (Å²) in [6.07, 6.45) is 2.94. The largest absolute Gasteiger partial charge is 0.462 e. The van der Waals surface area contributed by atoms with Gasteiger partial charge < -0.3 is 18.9 Å². The summed E-state index contributed by atoms with van der Waals surface area (Å²) in [5.74, 6) is -1.01. The molecule has 0 radical (unpaired) electrons. The van der Waals surface area contributed by atoms with E-state index in [9.17, 15) is 19.2 Å². The molecule has 35 heavy (non-hydrogen) atoms. The van der Waals surface area contributed by atoms with E-state index in [1.807, 2.05) is 0 Å². The second-order valence-electron chi connectivity index (χ2n) is 7.21. The van der Waals surface area contributed by atoms with Crippen molar-refractivity contribution >= 4 is 35.7 Å². The van der Waals surface area contributed by atoms with Crippen LogP contribution < -0.4 is 9.47 Å². The number of ether oxygens (including phenoxy) is 4. The molecule has 0 amide bonds. The summed E-state index contributed by atoms with van der Waals surface area (Å²) in [5.41, 5.74) is 1.24. The lowest BCUT2D eigenvalue weighted by atomic mass is 10.1. The van der Waals surface area contributed by atoms with E-state index in [0.29, 0.717) is 22.6 Å². The number of carbonyl (C=O) groups excluding carboxylic acids is 4. The maximum Gasteiger partial charge on any atom is 0.341 e. The fourth-order valence-corrected chi connectivity index (χ4v) is 2.85. The van der Waals surface area contributed by atoms with Crippen LogP contribution in [-0.2, 0) is 28.7 Å². The van der Waals surface area contributed by atoms with Crippen LogP contribution in [0.15, 0.2) is 59.7 Å². The van der Waals surface area contributed by atoms with Crippen LogP contribution in [0, 0.1) is 0 Å². The van der Waals surface area contributed by atoms with Crippen LogP contribution in [0.25, 0.3) is 12.2 Å². The van der Waals surface area contributed by atoms with Gasteiger partial charge in [-0.05, 0) is 75.2 Å². The molecule has 0 aliphatic carbocycles. The quantitative estimate of drug-likeness (QED) is 0.147. The minimum atomic E-state index is -0.659. The Labute approximate surface area is 204 Å². The van der Waals surface area contributed by atoms with Gasteiger partial charge in [-0.25, -0.2) is 9.59 Å². The van der Waals surface area contributed by atoms with Crippen molar-refractivity contribution in [1.82, 2.24) is 0 Å². The normalized spacial score (nSPS) is 11.4. The molecule has 0 unspecified atom stereocenters. The Kier molecular flexibility index (Phi) is 10.4. The molecule has 0 aromatic heterocycles. The first-order valence-corrected chi connectivity index (χ1v) is 11.0. The molecule has 0 aliphatic rings. The first-order valence-electron chi connectivity index (χ1n) is 11.0. The molecule has 0 spiro atoms. The molecule has 0 atom stereocenters. The van der Waals surface area contributed by atoms with Gasteiger partial charge in [0, 0.05) is 0 Å². The summed E-state index contributed by atoms with van der Waals surface area (Å²) < 4.78 is 20.9. The lowest BCUT2D eigenvalue weighted by Gasteiger charge is -2.09. The van der Waals surface area contributed by atoms with Crippen LogP contribution in [0.1, 0.15) is 38.8 Å². The summed E-state index contributed by atoms with van der Waals surface area (Å²) >= 11 is 0. The van der Waals surface area contributed by atoms with E-state index in [0.717, 1.165) is 0 Å². The van der Waals surface area contributed by atoms with E-state index in [1.54, 1.807) is 62.4 Å². The third-order valence-corrected chi connectivity index (χ3v) is 4.58. The summed E-state index contributed by atoms with van der Waals surface area (Å²) in [7, 11) is 0. The Morgan fingerprint density at radius 2 is 0.971 bits per heavy atom. The molecule has 0 bridgehead atoms. The van der Waals surface area contributed by atoms with Gasteiger partial charge in [-0.3, -0.25) is 9.59 Å². The Hall–Kier alpha value is -4.20. The second-order valence-corrected chi connectivity index (χ2v) is 7.21. The van der Waals surface area contributed by atoms with Gasteiger partial charge in [0.15, 0.2) is 11.6 Å². The van der Waals surface area contributed by atoms with Gasteiger partial charge in [-0.2, -0.15) is 0 Å². The number of benzene rings is 2. The molecule has 2 rings (SSSR count). The van der Waals surface area contributed by atoms with Crippen molar-refractivity contribution in [1.29, 1.82) is 0 Å². The highest BCUT2D eigenvalue weighted by Crippen LogP contribution is 2.18. The molecule has 0 saturated carbocycles. The smallest absolute Gasteiger partial charge is 0.341 e. The molecule has 0 heterocycles. The van der Waals surface area contributed by atoms with Crippen molar-refractivity contribution in [2.24, 2.45) is 0 Å². The standard InChI is InChI=1S/C27H28O8/c1-5-32-26(30)24(18(3)28)15-20-7-11-22(12-8-20)34-17-35-23-13-9-21(10-14-23)16-25(19(4)29)27(31)33-6-2/h7-16H,5-6,17H2,1-4H3/b24-15-,25-16-. The maximum atomic E-state index is 11.9. The number of Topliss-reactive ketones (excluding diaryl/α,β-unsaturated/α-hetero) is 2. The summed E-state index contributed by atoms with van der Waals surface area (Å²) in [6.45, 7) is 6.27. The SMILES string of the molecule is CCOC(=O)/C(=C\c1ccc(OCOc2ccc(/C=C(/C(C)=O)C(=O)OCC)cc2)cc1)C(C)=O. The number of hydrogen-bond donors (Lipinski definition) is 0. The van der Waals surface area contributed by atoms with Gasteiger partial charge >= 0.3 is 11.9 Å². The van der Waals surface area contributed by atoms with Crippen LogP contribution in [0.2, 0.25) is 0 Å². The average Bonchev–Trinajstić information content (AvgIpc) is 2.82. The van der Waals surface area contributed by atoms with Crippen LogP contribution in [0.3, 0.4) is 0 Å². The zero-order chi connectivity index (χ0) is 25.8. The molecule has 0 fully saturated rings. The van der Waals surface area contributed by atoms with Crippen LogP contribution in [0.5, 0.6) is 11.5 Å². The van der Waals surface area contributed by atoms with Crippen molar-refractivity contribution in [3.05, 3.63) is 70.8 Å². The van der Waals surface area contributed by atoms with Gasteiger partial charge in [0.05, 0.1) is 13.2 Å².